The van der Waals surface area contributed by atoms with Crippen LogP contribution in [0.3, 0.4) is 0 Å². The fourth-order valence-corrected chi connectivity index (χ4v) is 4.16. The molecule has 1 aromatic rings. The van der Waals surface area contributed by atoms with Crippen molar-refractivity contribution in [3.8, 4) is 6.07 Å². The van der Waals surface area contributed by atoms with Crippen LogP contribution < -0.4 is 4.90 Å². The Morgan fingerprint density at radius 2 is 2.16 bits per heavy atom. The second-order valence-electron chi connectivity index (χ2n) is 7.21. The quantitative estimate of drug-likeness (QED) is 0.837. The van der Waals surface area contributed by atoms with Crippen molar-refractivity contribution in [3.63, 3.8) is 0 Å². The van der Waals surface area contributed by atoms with Crippen LogP contribution in [0.4, 0.5) is 5.82 Å². The summed E-state index contributed by atoms with van der Waals surface area (Å²) in [4.78, 5) is 21.8. The molecule has 0 aromatic carbocycles. The third-order valence-electron chi connectivity index (χ3n) is 5.56. The molecule has 1 aromatic heterocycles. The maximum Gasteiger partial charge on any atom is 0.230 e. The highest BCUT2D eigenvalue weighted by molar-refractivity contribution is 5.85. The lowest BCUT2D eigenvalue weighted by Gasteiger charge is -2.39. The Morgan fingerprint density at radius 3 is 2.84 bits per heavy atom. The van der Waals surface area contributed by atoms with Gasteiger partial charge in [0.2, 0.25) is 5.91 Å². The average molecular weight is 342 g/mol. The number of methoxy groups -OCH3 is 1. The van der Waals surface area contributed by atoms with Gasteiger partial charge < -0.3 is 14.5 Å². The Kier molecular flexibility index (Phi) is 4.96. The highest BCUT2D eigenvalue weighted by atomic mass is 16.5. The molecular weight excluding hydrogens is 316 g/mol. The van der Waals surface area contributed by atoms with Gasteiger partial charge in [0.1, 0.15) is 11.9 Å². The van der Waals surface area contributed by atoms with Gasteiger partial charge in [-0.15, -0.1) is 0 Å². The molecule has 134 valence electrons. The standard InChI is InChI=1S/C19H26N4O2/c1-14-11-17(21-15(2)16(14)12-20)23-8-6-19(13-23)5-4-7-22(18(19)24)9-10-25-3/h11H,4-10,13H2,1-3H3/t19-/m0/s1. The van der Waals surface area contributed by atoms with E-state index in [-0.39, 0.29) is 11.3 Å². The normalized spacial score (nSPS) is 23.4. The van der Waals surface area contributed by atoms with Gasteiger partial charge in [-0.25, -0.2) is 4.98 Å². The van der Waals surface area contributed by atoms with Crippen LogP contribution in [0.25, 0.3) is 0 Å². The number of amides is 1. The molecule has 1 atom stereocenters. The molecule has 2 saturated heterocycles. The number of carbonyl (C=O) groups is 1. The monoisotopic (exact) mass is 342 g/mol. The molecule has 1 amide bonds. The van der Waals surface area contributed by atoms with E-state index in [4.69, 9.17) is 4.74 Å². The van der Waals surface area contributed by atoms with E-state index in [9.17, 15) is 10.1 Å². The molecule has 2 aliphatic rings. The first kappa shape index (κ1) is 17.7. The maximum absolute atomic E-state index is 13.0. The minimum atomic E-state index is -0.288. The number of pyridine rings is 1. The van der Waals surface area contributed by atoms with E-state index in [1.807, 2.05) is 24.8 Å². The zero-order valence-corrected chi connectivity index (χ0v) is 15.3. The van der Waals surface area contributed by atoms with Gasteiger partial charge in [-0.1, -0.05) is 0 Å². The van der Waals surface area contributed by atoms with E-state index < -0.39 is 0 Å². The summed E-state index contributed by atoms with van der Waals surface area (Å²) in [5, 5.41) is 9.22. The number of hydrogen-bond acceptors (Lipinski definition) is 5. The molecule has 25 heavy (non-hydrogen) atoms. The first-order valence-electron chi connectivity index (χ1n) is 8.92. The Balaban J connectivity index is 1.79. The molecular formula is C19H26N4O2. The largest absolute Gasteiger partial charge is 0.383 e. The minimum absolute atomic E-state index is 0.264. The summed E-state index contributed by atoms with van der Waals surface area (Å²) in [6.45, 7) is 7.46. The second-order valence-corrected chi connectivity index (χ2v) is 7.21. The van der Waals surface area contributed by atoms with Crippen LogP contribution in [-0.2, 0) is 9.53 Å². The molecule has 1 spiro atoms. The van der Waals surface area contributed by atoms with Gasteiger partial charge in [0.05, 0.1) is 23.3 Å². The Labute approximate surface area is 149 Å². The van der Waals surface area contributed by atoms with Crippen LogP contribution >= 0.6 is 0 Å². The van der Waals surface area contributed by atoms with Crippen LogP contribution in [0.15, 0.2) is 6.07 Å². The number of carbonyl (C=O) groups excluding carboxylic acids is 1. The fourth-order valence-electron chi connectivity index (χ4n) is 4.16. The molecule has 2 aliphatic heterocycles. The zero-order chi connectivity index (χ0) is 18.0. The fraction of sp³-hybridized carbons (Fsp3) is 0.632. The molecule has 3 heterocycles. The summed E-state index contributed by atoms with van der Waals surface area (Å²) >= 11 is 0. The summed E-state index contributed by atoms with van der Waals surface area (Å²) in [7, 11) is 1.67. The molecule has 6 heteroatoms. The summed E-state index contributed by atoms with van der Waals surface area (Å²) < 4.78 is 5.14. The van der Waals surface area contributed by atoms with Crippen LogP contribution in [0.2, 0.25) is 0 Å². The van der Waals surface area contributed by atoms with Crippen LogP contribution in [0, 0.1) is 30.6 Å². The van der Waals surface area contributed by atoms with Gasteiger partial charge in [0, 0.05) is 33.3 Å². The zero-order valence-electron chi connectivity index (χ0n) is 15.3. The SMILES string of the molecule is COCCN1CCC[C@@]2(CCN(c3cc(C)c(C#N)c(C)n3)C2)C1=O. The summed E-state index contributed by atoms with van der Waals surface area (Å²) in [6.07, 6.45) is 2.86. The van der Waals surface area contributed by atoms with E-state index in [0.717, 1.165) is 49.4 Å². The Morgan fingerprint density at radius 1 is 1.36 bits per heavy atom. The van der Waals surface area contributed by atoms with E-state index in [2.05, 4.69) is 16.0 Å². The van der Waals surface area contributed by atoms with E-state index in [1.54, 1.807) is 7.11 Å². The van der Waals surface area contributed by atoms with Gasteiger partial charge in [-0.05, 0) is 44.7 Å². The van der Waals surface area contributed by atoms with Gasteiger partial charge in [0.25, 0.3) is 0 Å². The maximum atomic E-state index is 13.0. The molecule has 2 fully saturated rings. The van der Waals surface area contributed by atoms with Crippen molar-refractivity contribution >= 4 is 11.7 Å². The molecule has 0 radical (unpaired) electrons. The van der Waals surface area contributed by atoms with Gasteiger partial charge >= 0.3 is 0 Å². The van der Waals surface area contributed by atoms with Crippen LogP contribution in [-0.4, -0.2) is 55.7 Å². The first-order chi connectivity index (χ1) is 12.0. The van der Waals surface area contributed by atoms with E-state index >= 15 is 0 Å². The average Bonchev–Trinajstić information content (AvgIpc) is 3.01. The number of hydrogen-bond donors (Lipinski definition) is 0. The summed E-state index contributed by atoms with van der Waals surface area (Å²) in [6, 6.07) is 4.19. The number of nitriles is 1. The molecule has 0 aliphatic carbocycles. The number of rotatable bonds is 4. The molecule has 0 N–H and O–H groups in total. The second kappa shape index (κ2) is 7.01. The van der Waals surface area contributed by atoms with E-state index in [1.165, 1.54) is 0 Å². The predicted molar refractivity (Wildman–Crippen MR) is 95.4 cm³/mol. The van der Waals surface area contributed by atoms with Gasteiger partial charge in [0.15, 0.2) is 0 Å². The van der Waals surface area contributed by atoms with Crippen molar-refractivity contribution < 1.29 is 9.53 Å². The molecule has 6 nitrogen and oxygen atoms in total. The van der Waals surface area contributed by atoms with Crippen molar-refractivity contribution in [2.75, 3.05) is 44.8 Å². The van der Waals surface area contributed by atoms with Crippen molar-refractivity contribution in [1.29, 1.82) is 5.26 Å². The van der Waals surface area contributed by atoms with E-state index in [0.29, 0.717) is 25.3 Å². The summed E-state index contributed by atoms with van der Waals surface area (Å²) in [5.74, 6) is 1.15. The Bertz CT molecular complexity index is 689. The topological polar surface area (TPSA) is 69.5 Å². The van der Waals surface area contributed by atoms with Crippen molar-refractivity contribution in [3.05, 3.63) is 22.9 Å². The molecule has 3 rings (SSSR count). The highest BCUT2D eigenvalue weighted by Crippen LogP contribution is 2.41. The number of ether oxygens (including phenoxy) is 1. The third kappa shape index (κ3) is 3.21. The number of nitrogens with zero attached hydrogens (tertiary/aromatic N) is 4. The van der Waals surface area contributed by atoms with Crippen molar-refractivity contribution in [2.45, 2.75) is 33.1 Å². The van der Waals surface area contributed by atoms with Crippen molar-refractivity contribution in [2.24, 2.45) is 5.41 Å². The number of likely N-dealkylation sites (tertiary alicyclic amines) is 1. The minimum Gasteiger partial charge on any atom is -0.383 e. The van der Waals surface area contributed by atoms with Crippen molar-refractivity contribution in [1.82, 2.24) is 9.88 Å². The van der Waals surface area contributed by atoms with Gasteiger partial charge in [-0.3, -0.25) is 4.79 Å². The molecule has 0 bridgehead atoms. The number of aromatic nitrogens is 1. The number of anilines is 1. The lowest BCUT2D eigenvalue weighted by atomic mass is 9.78. The molecule has 0 saturated carbocycles. The van der Waals surface area contributed by atoms with Gasteiger partial charge in [-0.2, -0.15) is 5.26 Å². The first-order valence-corrected chi connectivity index (χ1v) is 8.92. The summed E-state index contributed by atoms with van der Waals surface area (Å²) in [5.41, 5.74) is 2.07. The number of aryl methyl sites for hydroxylation is 2. The third-order valence-corrected chi connectivity index (χ3v) is 5.56. The molecule has 0 unspecified atom stereocenters. The lowest BCUT2D eigenvalue weighted by molar-refractivity contribution is -0.145. The number of piperidine rings is 1. The van der Waals surface area contributed by atoms with Crippen LogP contribution in [0.5, 0.6) is 0 Å². The van der Waals surface area contributed by atoms with Crippen LogP contribution in [0.1, 0.15) is 36.1 Å². The highest BCUT2D eigenvalue weighted by Gasteiger charge is 2.48. The predicted octanol–water partition coefficient (Wildman–Crippen LogP) is 2.04. The Hall–Kier alpha value is -2.13. The lowest BCUT2D eigenvalue weighted by Crippen LogP contribution is -2.51. The smallest absolute Gasteiger partial charge is 0.230 e.